The largest absolute Gasteiger partial charge is 0.380 e. The lowest BCUT2D eigenvalue weighted by Gasteiger charge is -2.21. The number of rotatable bonds is 6. The Labute approximate surface area is 112 Å². The zero-order chi connectivity index (χ0) is 12.8. The van der Waals surface area contributed by atoms with Gasteiger partial charge in [-0.05, 0) is 18.6 Å². The molecule has 5 heteroatoms. The number of methoxy groups -OCH3 is 1. The van der Waals surface area contributed by atoms with E-state index in [2.05, 4.69) is 5.32 Å². The van der Waals surface area contributed by atoms with Gasteiger partial charge in [0.2, 0.25) is 0 Å². The first-order chi connectivity index (χ1) is 8.10. The first-order valence-electron chi connectivity index (χ1n) is 5.50. The molecule has 0 aliphatic carbocycles. The minimum Gasteiger partial charge on any atom is -0.380 e. The molecule has 0 bridgehead atoms. The molecule has 3 N–H and O–H groups in total. The summed E-state index contributed by atoms with van der Waals surface area (Å²) in [4.78, 5) is 0. The Bertz CT molecular complexity index is 360. The Balaban J connectivity index is 2.76. The topological polar surface area (TPSA) is 47.3 Å². The number of hydrogen-bond donors (Lipinski definition) is 2. The molecule has 0 aliphatic heterocycles. The van der Waals surface area contributed by atoms with Gasteiger partial charge in [-0.15, -0.1) is 0 Å². The van der Waals surface area contributed by atoms with Gasteiger partial charge in [-0.2, -0.15) is 0 Å². The Kier molecular flexibility index (Phi) is 6.23. The van der Waals surface area contributed by atoms with E-state index in [1.165, 1.54) is 0 Å². The molecule has 0 spiro atoms. The molecule has 0 aliphatic rings. The summed E-state index contributed by atoms with van der Waals surface area (Å²) in [5.74, 6) is 0. The lowest BCUT2D eigenvalue weighted by Crippen LogP contribution is -2.34. The molecule has 2 unspecified atom stereocenters. The maximum atomic E-state index is 6.16. The molecule has 0 heterocycles. The number of ether oxygens (including phenoxy) is 1. The normalized spacial score (nSPS) is 14.6. The smallest absolute Gasteiger partial charge is 0.0667 e. The van der Waals surface area contributed by atoms with Crippen LogP contribution in [0.5, 0.6) is 0 Å². The van der Waals surface area contributed by atoms with E-state index in [-0.39, 0.29) is 12.1 Å². The zero-order valence-corrected chi connectivity index (χ0v) is 11.6. The highest BCUT2D eigenvalue weighted by molar-refractivity contribution is 6.42. The van der Waals surface area contributed by atoms with Crippen molar-refractivity contribution in [2.45, 2.75) is 19.1 Å². The quantitative estimate of drug-likeness (QED) is 0.840. The van der Waals surface area contributed by atoms with Crippen LogP contribution in [0.3, 0.4) is 0 Å². The summed E-state index contributed by atoms with van der Waals surface area (Å²) in [6.45, 7) is 3.15. The van der Waals surface area contributed by atoms with Crippen LogP contribution >= 0.6 is 23.2 Å². The predicted octanol–water partition coefficient (Wildman–Crippen LogP) is 2.62. The van der Waals surface area contributed by atoms with Gasteiger partial charge >= 0.3 is 0 Å². The summed E-state index contributed by atoms with van der Waals surface area (Å²) in [5.41, 5.74) is 6.67. The average Bonchev–Trinajstić information content (AvgIpc) is 2.34. The summed E-state index contributed by atoms with van der Waals surface area (Å²) >= 11 is 12.1. The summed E-state index contributed by atoms with van der Waals surface area (Å²) in [6, 6.07) is 5.54. The number of nitrogens with one attached hydrogen (secondary N) is 1. The van der Waals surface area contributed by atoms with E-state index in [0.29, 0.717) is 23.1 Å². The summed E-state index contributed by atoms with van der Waals surface area (Å²) in [6.07, 6.45) is 0.127. The van der Waals surface area contributed by atoms with Gasteiger partial charge in [0.05, 0.1) is 16.1 Å². The number of hydrogen-bond acceptors (Lipinski definition) is 3. The van der Waals surface area contributed by atoms with Crippen molar-refractivity contribution in [2.75, 3.05) is 20.2 Å². The van der Waals surface area contributed by atoms with Crippen LogP contribution in [0, 0.1) is 0 Å². The van der Waals surface area contributed by atoms with Crippen LogP contribution in [0.25, 0.3) is 0 Å². The molecule has 0 saturated heterocycles. The molecule has 1 aromatic rings. The van der Waals surface area contributed by atoms with Crippen molar-refractivity contribution in [3.8, 4) is 0 Å². The molecule has 2 atom stereocenters. The van der Waals surface area contributed by atoms with Crippen molar-refractivity contribution >= 4 is 23.2 Å². The summed E-state index contributed by atoms with van der Waals surface area (Å²) in [7, 11) is 1.68. The van der Waals surface area contributed by atoms with E-state index < -0.39 is 0 Å². The highest BCUT2D eigenvalue weighted by Gasteiger charge is 2.15. The first-order valence-corrected chi connectivity index (χ1v) is 6.25. The molecule has 0 radical (unpaired) electrons. The Morgan fingerprint density at radius 2 is 2.12 bits per heavy atom. The molecule has 0 fully saturated rings. The van der Waals surface area contributed by atoms with Gasteiger partial charge in [-0.25, -0.2) is 0 Å². The fraction of sp³-hybridized carbons (Fsp3) is 0.500. The van der Waals surface area contributed by atoms with E-state index in [1.54, 1.807) is 13.2 Å². The second-order valence-corrected chi connectivity index (χ2v) is 4.67. The van der Waals surface area contributed by atoms with Crippen molar-refractivity contribution in [3.05, 3.63) is 33.8 Å². The minimum absolute atomic E-state index is 0.0150. The molecule has 1 aromatic carbocycles. The number of halogens is 2. The van der Waals surface area contributed by atoms with Crippen LogP contribution in [0.1, 0.15) is 18.5 Å². The summed E-state index contributed by atoms with van der Waals surface area (Å²) < 4.78 is 5.17. The van der Waals surface area contributed by atoms with Crippen LogP contribution in [-0.4, -0.2) is 26.3 Å². The Morgan fingerprint density at radius 3 is 2.71 bits per heavy atom. The van der Waals surface area contributed by atoms with Gasteiger partial charge in [-0.3, -0.25) is 0 Å². The highest BCUT2D eigenvalue weighted by Crippen LogP contribution is 2.29. The maximum Gasteiger partial charge on any atom is 0.0667 e. The van der Waals surface area contributed by atoms with Gasteiger partial charge in [0.1, 0.15) is 0 Å². The maximum absolute atomic E-state index is 6.16. The fourth-order valence-corrected chi connectivity index (χ4v) is 1.94. The third-order valence-corrected chi connectivity index (χ3v) is 3.48. The second kappa shape index (κ2) is 7.19. The standard InChI is InChI=1S/C12H18Cl2N2O/c1-8(17-2)7-16-11(6-15)9-4-3-5-10(13)12(9)14/h3-5,8,11,16H,6-7,15H2,1-2H3. The van der Waals surface area contributed by atoms with Crippen molar-refractivity contribution in [1.82, 2.24) is 5.32 Å². The number of benzene rings is 1. The van der Waals surface area contributed by atoms with Crippen LogP contribution in [0.4, 0.5) is 0 Å². The second-order valence-electron chi connectivity index (χ2n) is 3.89. The molecule has 3 nitrogen and oxygen atoms in total. The summed E-state index contributed by atoms with van der Waals surface area (Å²) in [5, 5.41) is 4.41. The molecule has 0 amide bonds. The van der Waals surface area contributed by atoms with Crippen molar-refractivity contribution in [3.63, 3.8) is 0 Å². The predicted molar refractivity (Wildman–Crippen MR) is 72.7 cm³/mol. The van der Waals surface area contributed by atoms with Crippen molar-refractivity contribution in [1.29, 1.82) is 0 Å². The van der Waals surface area contributed by atoms with E-state index in [0.717, 1.165) is 5.56 Å². The monoisotopic (exact) mass is 276 g/mol. The van der Waals surface area contributed by atoms with Crippen LogP contribution in [0.2, 0.25) is 10.0 Å². The van der Waals surface area contributed by atoms with Gasteiger partial charge in [-0.1, -0.05) is 35.3 Å². The highest BCUT2D eigenvalue weighted by atomic mass is 35.5. The fourth-order valence-electron chi connectivity index (χ4n) is 1.50. The molecule has 17 heavy (non-hydrogen) atoms. The van der Waals surface area contributed by atoms with E-state index in [4.69, 9.17) is 33.7 Å². The lowest BCUT2D eigenvalue weighted by molar-refractivity contribution is 0.114. The Hall–Kier alpha value is -0.320. The van der Waals surface area contributed by atoms with Gasteiger partial charge in [0, 0.05) is 26.2 Å². The third-order valence-electron chi connectivity index (χ3n) is 2.65. The SMILES string of the molecule is COC(C)CNC(CN)c1cccc(Cl)c1Cl. The molecular formula is C12H18Cl2N2O. The van der Waals surface area contributed by atoms with Gasteiger partial charge in [0.15, 0.2) is 0 Å². The van der Waals surface area contributed by atoms with Crippen LogP contribution in [0.15, 0.2) is 18.2 Å². The third kappa shape index (κ3) is 4.12. The van der Waals surface area contributed by atoms with Gasteiger partial charge in [0.25, 0.3) is 0 Å². The van der Waals surface area contributed by atoms with Crippen molar-refractivity contribution in [2.24, 2.45) is 5.73 Å². The van der Waals surface area contributed by atoms with E-state index in [9.17, 15) is 0 Å². The van der Waals surface area contributed by atoms with Crippen LogP contribution in [-0.2, 0) is 4.74 Å². The average molecular weight is 277 g/mol. The zero-order valence-electron chi connectivity index (χ0n) is 10.0. The molecule has 0 saturated carbocycles. The first kappa shape index (κ1) is 14.7. The van der Waals surface area contributed by atoms with Crippen molar-refractivity contribution < 1.29 is 4.74 Å². The van der Waals surface area contributed by atoms with Crippen LogP contribution < -0.4 is 11.1 Å². The molecule has 1 rings (SSSR count). The van der Waals surface area contributed by atoms with E-state index in [1.807, 2.05) is 19.1 Å². The van der Waals surface area contributed by atoms with E-state index >= 15 is 0 Å². The van der Waals surface area contributed by atoms with Gasteiger partial charge < -0.3 is 15.8 Å². The number of nitrogens with two attached hydrogens (primary N) is 1. The Morgan fingerprint density at radius 1 is 1.41 bits per heavy atom. The minimum atomic E-state index is -0.0150. The molecule has 96 valence electrons. The lowest BCUT2D eigenvalue weighted by atomic mass is 10.1. The molecular weight excluding hydrogens is 259 g/mol. The molecule has 0 aromatic heterocycles.